The quantitative estimate of drug-likeness (QED) is 0.512. The van der Waals surface area contributed by atoms with Crippen LogP contribution in [0.25, 0.3) is 0 Å². The van der Waals surface area contributed by atoms with Crippen LogP contribution in [0.2, 0.25) is 4.34 Å². The Bertz CT molecular complexity index is 335. The molecule has 1 atom stereocenters. The average Bonchev–Trinajstić information content (AvgIpc) is 2.45. The Morgan fingerprint density at radius 2 is 1.93 bits per heavy atom. The Labute approximate surface area is 105 Å². The predicted molar refractivity (Wildman–Crippen MR) is 56.6 cm³/mol. The molecule has 0 aromatic carbocycles. The highest BCUT2D eigenvalue weighted by molar-refractivity contribution is 9.10. The zero-order valence-corrected chi connectivity index (χ0v) is 10.7. The molecule has 0 spiro atoms. The van der Waals surface area contributed by atoms with Crippen molar-refractivity contribution in [3.8, 4) is 0 Å². The Hall–Kier alpha value is 0.480. The second-order valence-electron chi connectivity index (χ2n) is 2.61. The van der Waals surface area contributed by atoms with E-state index in [1.165, 1.54) is 6.07 Å². The molecule has 0 aliphatic rings. The lowest BCUT2D eigenvalue weighted by atomic mass is 10.2. The van der Waals surface area contributed by atoms with E-state index in [1.807, 2.05) is 0 Å². The first-order valence-corrected chi connectivity index (χ1v) is 5.94. The number of hydrogen-bond acceptors (Lipinski definition) is 1. The maximum atomic E-state index is 12.8. The smallest absolute Gasteiger partial charge is 0.204 e. The third-order valence-corrected chi connectivity index (χ3v) is 4.74. The van der Waals surface area contributed by atoms with E-state index in [2.05, 4.69) is 15.9 Å². The molecule has 1 aromatic heterocycles. The molecule has 0 aliphatic carbocycles. The van der Waals surface area contributed by atoms with Crippen molar-refractivity contribution in [2.45, 2.75) is 17.7 Å². The summed E-state index contributed by atoms with van der Waals surface area (Å²) in [5.74, 6) is -4.27. The van der Waals surface area contributed by atoms with Gasteiger partial charge in [0.2, 0.25) is 0 Å². The van der Waals surface area contributed by atoms with Crippen molar-refractivity contribution in [1.82, 2.24) is 0 Å². The van der Waals surface area contributed by atoms with E-state index in [0.717, 1.165) is 11.3 Å². The molecule has 0 aliphatic heterocycles. The van der Waals surface area contributed by atoms with Crippen LogP contribution in [0.4, 0.5) is 17.6 Å². The zero-order valence-electron chi connectivity index (χ0n) is 6.79. The molecule has 0 N–H and O–H groups in total. The van der Waals surface area contributed by atoms with Gasteiger partial charge in [0.1, 0.15) is 9.71 Å². The summed E-state index contributed by atoms with van der Waals surface area (Å²) in [5.41, 5.74) is 0. The van der Waals surface area contributed by atoms with Crippen LogP contribution in [0.5, 0.6) is 0 Å². The first-order chi connectivity index (χ1) is 6.76. The third-order valence-electron chi connectivity index (χ3n) is 1.54. The lowest BCUT2D eigenvalue weighted by molar-refractivity contribution is -0.130. The largest absolute Gasteiger partial charge is 0.328 e. The zero-order chi connectivity index (χ0) is 11.8. The van der Waals surface area contributed by atoms with Gasteiger partial charge in [-0.1, -0.05) is 11.6 Å². The number of alkyl halides is 5. The van der Waals surface area contributed by atoms with E-state index in [-0.39, 0.29) is 9.21 Å². The molecule has 0 nitrogen and oxygen atoms in total. The van der Waals surface area contributed by atoms with Crippen LogP contribution >= 0.6 is 50.5 Å². The second-order valence-corrected chi connectivity index (χ2v) is 5.58. The van der Waals surface area contributed by atoms with E-state index in [0.29, 0.717) is 4.47 Å². The van der Waals surface area contributed by atoms with E-state index in [1.54, 1.807) is 0 Å². The molecule has 0 saturated carbocycles. The van der Waals surface area contributed by atoms with Crippen LogP contribution in [0.1, 0.15) is 10.3 Å². The molecule has 86 valence electrons. The van der Waals surface area contributed by atoms with Gasteiger partial charge >= 0.3 is 12.3 Å². The van der Waals surface area contributed by atoms with Gasteiger partial charge in [0.25, 0.3) is 0 Å². The van der Waals surface area contributed by atoms with Crippen LogP contribution in [0.3, 0.4) is 0 Å². The minimum atomic E-state index is -4.27. The minimum absolute atomic E-state index is 0.0983. The van der Waals surface area contributed by atoms with Crippen LogP contribution in [-0.2, 0) is 0 Å². The van der Waals surface area contributed by atoms with Gasteiger partial charge in [-0.3, -0.25) is 0 Å². The lowest BCUT2D eigenvalue weighted by Crippen LogP contribution is -2.31. The maximum absolute atomic E-state index is 12.8. The molecule has 1 aromatic rings. The van der Waals surface area contributed by atoms with E-state index in [4.69, 9.17) is 23.2 Å². The highest BCUT2D eigenvalue weighted by atomic mass is 79.9. The molecule has 15 heavy (non-hydrogen) atoms. The second kappa shape index (κ2) is 4.77. The first-order valence-electron chi connectivity index (χ1n) is 3.51. The van der Waals surface area contributed by atoms with Crippen LogP contribution in [0, 0.1) is 0 Å². The fourth-order valence-corrected chi connectivity index (χ4v) is 2.84. The molecule has 0 radical (unpaired) electrons. The summed E-state index contributed by atoms with van der Waals surface area (Å²) in [6.07, 6.45) is -3.81. The van der Waals surface area contributed by atoms with Gasteiger partial charge in [-0.2, -0.15) is 8.78 Å². The van der Waals surface area contributed by atoms with Gasteiger partial charge in [0.05, 0.1) is 0 Å². The Morgan fingerprint density at radius 1 is 1.40 bits per heavy atom. The summed E-state index contributed by atoms with van der Waals surface area (Å²) in [5, 5.41) is -2.08. The van der Waals surface area contributed by atoms with Gasteiger partial charge in [-0.15, -0.1) is 22.9 Å². The molecule has 1 rings (SSSR count). The third kappa shape index (κ3) is 2.78. The van der Waals surface area contributed by atoms with Crippen molar-refractivity contribution in [2.75, 3.05) is 0 Å². The molecule has 0 amide bonds. The summed E-state index contributed by atoms with van der Waals surface area (Å²) in [6.45, 7) is 0. The van der Waals surface area contributed by atoms with Crippen molar-refractivity contribution in [3.05, 3.63) is 19.8 Å². The van der Waals surface area contributed by atoms with E-state index < -0.39 is 17.7 Å². The Kier molecular flexibility index (Phi) is 4.31. The molecule has 0 bridgehead atoms. The number of halogens is 7. The molecular formula is C7H3BrCl2F4S. The summed E-state index contributed by atoms with van der Waals surface area (Å²) in [7, 11) is 0. The molecule has 0 fully saturated rings. The number of rotatable bonds is 3. The van der Waals surface area contributed by atoms with Gasteiger partial charge in [-0.25, -0.2) is 8.78 Å². The SMILES string of the molecule is FC(F)C(F)(F)C(Cl)c1cc(Br)c(Cl)s1. The van der Waals surface area contributed by atoms with Crippen molar-refractivity contribution in [2.24, 2.45) is 0 Å². The maximum Gasteiger partial charge on any atom is 0.328 e. The summed E-state index contributed by atoms with van der Waals surface area (Å²) in [6, 6.07) is 1.21. The molecule has 1 heterocycles. The standard InChI is InChI=1S/C7H3BrCl2F4S/c8-2-1-3(15-5(2)10)4(9)7(13,14)6(11)12/h1,4,6H. The average molecular weight is 346 g/mol. The van der Waals surface area contributed by atoms with Gasteiger partial charge in [0, 0.05) is 9.35 Å². The van der Waals surface area contributed by atoms with E-state index >= 15 is 0 Å². The Balaban J connectivity index is 2.99. The predicted octanol–water partition coefficient (Wildman–Crippen LogP) is 5.34. The van der Waals surface area contributed by atoms with Crippen molar-refractivity contribution < 1.29 is 17.6 Å². The highest BCUT2D eigenvalue weighted by Gasteiger charge is 2.49. The van der Waals surface area contributed by atoms with Gasteiger partial charge in [0.15, 0.2) is 0 Å². The van der Waals surface area contributed by atoms with Crippen LogP contribution in [0.15, 0.2) is 10.5 Å². The fraction of sp³-hybridized carbons (Fsp3) is 0.429. The van der Waals surface area contributed by atoms with Crippen molar-refractivity contribution in [3.63, 3.8) is 0 Å². The first kappa shape index (κ1) is 13.5. The molecule has 0 saturated heterocycles. The lowest BCUT2D eigenvalue weighted by Gasteiger charge is -2.19. The number of hydrogen-bond donors (Lipinski definition) is 0. The molecular weight excluding hydrogens is 343 g/mol. The monoisotopic (exact) mass is 344 g/mol. The molecule has 1 unspecified atom stereocenters. The van der Waals surface area contributed by atoms with Crippen LogP contribution < -0.4 is 0 Å². The fourth-order valence-electron chi connectivity index (χ4n) is 0.789. The normalized spacial score (nSPS) is 14.7. The van der Waals surface area contributed by atoms with Gasteiger partial charge in [-0.05, 0) is 22.0 Å². The minimum Gasteiger partial charge on any atom is -0.204 e. The summed E-state index contributed by atoms with van der Waals surface area (Å²) in [4.78, 5) is -0.0983. The van der Waals surface area contributed by atoms with Crippen molar-refractivity contribution >= 4 is 50.5 Å². The topological polar surface area (TPSA) is 0 Å². The number of thiophene rings is 1. The molecule has 8 heteroatoms. The summed E-state index contributed by atoms with van der Waals surface area (Å²) < 4.78 is 50.2. The van der Waals surface area contributed by atoms with E-state index in [9.17, 15) is 17.6 Å². The van der Waals surface area contributed by atoms with Crippen molar-refractivity contribution in [1.29, 1.82) is 0 Å². The Morgan fingerprint density at radius 3 is 2.27 bits per heavy atom. The summed E-state index contributed by atoms with van der Waals surface area (Å²) >= 11 is 14.6. The van der Waals surface area contributed by atoms with Crippen LogP contribution in [-0.4, -0.2) is 12.3 Å². The van der Waals surface area contributed by atoms with Gasteiger partial charge < -0.3 is 0 Å². The highest BCUT2D eigenvalue weighted by Crippen LogP contribution is 2.46.